The van der Waals surface area contributed by atoms with Crippen LogP contribution in [-0.2, 0) is 16.0 Å². The van der Waals surface area contributed by atoms with Crippen molar-refractivity contribution in [1.29, 1.82) is 0 Å². The van der Waals surface area contributed by atoms with Crippen molar-refractivity contribution in [2.75, 3.05) is 7.11 Å². The third kappa shape index (κ3) is 3.59. The van der Waals surface area contributed by atoms with Crippen LogP contribution < -0.4 is 0 Å². The van der Waals surface area contributed by atoms with Gasteiger partial charge in [0.05, 0.1) is 13.5 Å². The van der Waals surface area contributed by atoms with Gasteiger partial charge in [0.2, 0.25) is 0 Å². The first-order chi connectivity index (χ1) is 10.7. The maximum absolute atomic E-state index is 11.8. The largest absolute Gasteiger partial charge is 0.469 e. The van der Waals surface area contributed by atoms with E-state index in [4.69, 9.17) is 4.74 Å². The second-order valence-electron chi connectivity index (χ2n) is 5.55. The molecule has 2 aromatic rings. The number of aromatic nitrogens is 1. The third-order valence-corrected chi connectivity index (χ3v) is 3.88. The van der Waals surface area contributed by atoms with Gasteiger partial charge in [0, 0.05) is 16.6 Å². The molecule has 0 aliphatic carbocycles. The van der Waals surface area contributed by atoms with Crippen molar-refractivity contribution in [1.82, 2.24) is 4.98 Å². The number of hydrogen-bond acceptors (Lipinski definition) is 2. The topological polar surface area (TPSA) is 42.1 Å². The highest BCUT2D eigenvalue weighted by Crippen LogP contribution is 2.30. The number of benzene rings is 1. The number of carbonyl (C=O) groups is 1. The van der Waals surface area contributed by atoms with E-state index in [0.717, 1.165) is 47.8 Å². The summed E-state index contributed by atoms with van der Waals surface area (Å²) in [5, 5.41) is 1.11. The fourth-order valence-corrected chi connectivity index (χ4v) is 2.79. The Bertz CT molecular complexity index is 667. The van der Waals surface area contributed by atoms with Crippen LogP contribution in [0.3, 0.4) is 0 Å². The van der Waals surface area contributed by atoms with E-state index < -0.39 is 0 Å². The third-order valence-electron chi connectivity index (χ3n) is 3.88. The molecule has 0 amide bonds. The predicted molar refractivity (Wildman–Crippen MR) is 91.8 cm³/mol. The Kier molecular flexibility index (Phi) is 5.82. The van der Waals surface area contributed by atoms with E-state index in [9.17, 15) is 4.79 Å². The fourth-order valence-electron chi connectivity index (χ4n) is 2.79. The number of H-pyrrole nitrogens is 1. The summed E-state index contributed by atoms with van der Waals surface area (Å²) >= 11 is 0. The maximum Gasteiger partial charge on any atom is 0.310 e. The van der Waals surface area contributed by atoms with Crippen LogP contribution in [0.5, 0.6) is 0 Å². The molecule has 3 heteroatoms. The van der Waals surface area contributed by atoms with Crippen LogP contribution >= 0.6 is 0 Å². The zero-order valence-electron chi connectivity index (χ0n) is 13.7. The number of esters is 1. The van der Waals surface area contributed by atoms with Crippen molar-refractivity contribution in [2.45, 2.75) is 46.0 Å². The van der Waals surface area contributed by atoms with Gasteiger partial charge in [-0.05, 0) is 30.0 Å². The van der Waals surface area contributed by atoms with Gasteiger partial charge >= 0.3 is 5.97 Å². The van der Waals surface area contributed by atoms with Crippen LogP contribution in [0.1, 0.15) is 50.8 Å². The average molecular weight is 299 g/mol. The van der Waals surface area contributed by atoms with E-state index >= 15 is 0 Å². The molecule has 0 bridgehead atoms. The van der Waals surface area contributed by atoms with Crippen molar-refractivity contribution in [3.8, 4) is 0 Å². The molecule has 3 nitrogen and oxygen atoms in total. The quantitative estimate of drug-likeness (QED) is 0.741. The molecule has 0 saturated carbocycles. The number of unbranched alkanes of at least 4 members (excludes halogenated alkanes) is 1. The molecule has 1 N–H and O–H groups in total. The Hall–Kier alpha value is -2.03. The number of para-hydroxylation sites is 1. The lowest BCUT2D eigenvalue weighted by Crippen LogP contribution is -2.06. The first kappa shape index (κ1) is 16.3. The number of methoxy groups -OCH3 is 1. The lowest BCUT2D eigenvalue weighted by molar-refractivity contribution is -0.139. The summed E-state index contributed by atoms with van der Waals surface area (Å²) in [5.41, 5.74) is 4.54. The first-order valence-electron chi connectivity index (χ1n) is 8.07. The molecule has 0 aliphatic rings. The average Bonchev–Trinajstić information content (AvgIpc) is 2.90. The van der Waals surface area contributed by atoms with E-state index in [1.165, 1.54) is 12.7 Å². The first-order valence-corrected chi connectivity index (χ1v) is 8.07. The molecule has 118 valence electrons. The summed E-state index contributed by atoms with van der Waals surface area (Å²) < 4.78 is 4.88. The Morgan fingerprint density at radius 2 is 2.00 bits per heavy atom. The minimum Gasteiger partial charge on any atom is -0.469 e. The molecule has 0 saturated heterocycles. The van der Waals surface area contributed by atoms with E-state index in [2.05, 4.69) is 37.0 Å². The van der Waals surface area contributed by atoms with Gasteiger partial charge < -0.3 is 9.72 Å². The number of aromatic amines is 1. The molecule has 1 aromatic carbocycles. The van der Waals surface area contributed by atoms with Gasteiger partial charge in [-0.2, -0.15) is 0 Å². The molecule has 0 spiro atoms. The normalized spacial score (nSPS) is 11.9. The standard InChI is InChI=1S/C19H25NO2/c1-4-6-10-14(9-5-2)19-16(13-18(21)22-3)15-11-7-8-12-17(15)20-19/h7-8,10-12,20H,4-6,9,13H2,1-3H3/b14-10+. The molecule has 0 fully saturated rings. The van der Waals surface area contributed by atoms with E-state index in [1.807, 2.05) is 12.1 Å². The fraction of sp³-hybridized carbons (Fsp3) is 0.421. The summed E-state index contributed by atoms with van der Waals surface area (Å²) in [7, 11) is 1.44. The number of rotatable bonds is 7. The van der Waals surface area contributed by atoms with Crippen LogP contribution in [0.15, 0.2) is 30.3 Å². The van der Waals surface area contributed by atoms with E-state index in [1.54, 1.807) is 0 Å². The number of ether oxygens (including phenoxy) is 1. The van der Waals surface area contributed by atoms with Gasteiger partial charge in [0.15, 0.2) is 0 Å². The number of fused-ring (bicyclic) bond motifs is 1. The van der Waals surface area contributed by atoms with Crippen molar-refractivity contribution in [3.05, 3.63) is 41.6 Å². The molecular weight excluding hydrogens is 274 g/mol. The number of nitrogens with one attached hydrogen (secondary N) is 1. The predicted octanol–water partition coefficient (Wildman–Crippen LogP) is 4.87. The van der Waals surface area contributed by atoms with Crippen LogP contribution in [0.25, 0.3) is 16.5 Å². The van der Waals surface area contributed by atoms with Crippen LogP contribution in [0.4, 0.5) is 0 Å². The molecule has 1 heterocycles. The van der Waals surface area contributed by atoms with Gasteiger partial charge in [0.1, 0.15) is 0 Å². The molecule has 2 rings (SSSR count). The summed E-state index contributed by atoms with van der Waals surface area (Å²) in [5.74, 6) is -0.197. The van der Waals surface area contributed by atoms with Gasteiger partial charge in [-0.15, -0.1) is 0 Å². The van der Waals surface area contributed by atoms with Crippen molar-refractivity contribution < 1.29 is 9.53 Å². The van der Waals surface area contributed by atoms with E-state index in [0.29, 0.717) is 6.42 Å². The second kappa shape index (κ2) is 7.83. The monoisotopic (exact) mass is 299 g/mol. The summed E-state index contributed by atoms with van der Waals surface area (Å²) in [6.07, 6.45) is 6.89. The molecule has 0 unspecified atom stereocenters. The Morgan fingerprint density at radius 3 is 2.68 bits per heavy atom. The summed E-state index contributed by atoms with van der Waals surface area (Å²) in [6, 6.07) is 8.15. The van der Waals surface area contributed by atoms with Crippen molar-refractivity contribution in [3.63, 3.8) is 0 Å². The van der Waals surface area contributed by atoms with Gasteiger partial charge in [-0.1, -0.05) is 51.0 Å². The smallest absolute Gasteiger partial charge is 0.310 e. The lowest BCUT2D eigenvalue weighted by Gasteiger charge is -2.08. The zero-order chi connectivity index (χ0) is 15.9. The highest BCUT2D eigenvalue weighted by Gasteiger charge is 2.17. The molecule has 1 aromatic heterocycles. The van der Waals surface area contributed by atoms with Crippen LogP contribution in [-0.4, -0.2) is 18.1 Å². The minimum atomic E-state index is -0.197. The zero-order valence-corrected chi connectivity index (χ0v) is 13.7. The number of carbonyl (C=O) groups excluding carboxylic acids is 1. The lowest BCUT2D eigenvalue weighted by atomic mass is 9.98. The van der Waals surface area contributed by atoms with E-state index in [-0.39, 0.29) is 5.97 Å². The molecule has 22 heavy (non-hydrogen) atoms. The summed E-state index contributed by atoms with van der Waals surface area (Å²) in [6.45, 7) is 4.36. The van der Waals surface area contributed by atoms with Crippen LogP contribution in [0.2, 0.25) is 0 Å². The van der Waals surface area contributed by atoms with Crippen LogP contribution in [0, 0.1) is 0 Å². The van der Waals surface area contributed by atoms with Gasteiger partial charge in [-0.3, -0.25) is 4.79 Å². The Balaban J connectivity index is 2.54. The minimum absolute atomic E-state index is 0.197. The highest BCUT2D eigenvalue weighted by atomic mass is 16.5. The molecular formula is C19H25NO2. The SMILES string of the molecule is CCC/C=C(\CCC)c1[nH]c2ccccc2c1CC(=O)OC. The van der Waals surface area contributed by atoms with Gasteiger partial charge in [-0.25, -0.2) is 0 Å². The Morgan fingerprint density at radius 1 is 1.23 bits per heavy atom. The molecule has 0 aliphatic heterocycles. The maximum atomic E-state index is 11.8. The van der Waals surface area contributed by atoms with Crippen molar-refractivity contribution in [2.24, 2.45) is 0 Å². The van der Waals surface area contributed by atoms with Crippen molar-refractivity contribution >= 4 is 22.4 Å². The number of allylic oxidation sites excluding steroid dienone is 2. The number of hydrogen-bond donors (Lipinski definition) is 1. The second-order valence-corrected chi connectivity index (χ2v) is 5.55. The molecule has 0 radical (unpaired) electrons. The summed E-state index contributed by atoms with van der Waals surface area (Å²) in [4.78, 5) is 15.3. The van der Waals surface area contributed by atoms with Gasteiger partial charge in [0.25, 0.3) is 0 Å². The highest BCUT2D eigenvalue weighted by molar-refractivity contribution is 5.92. The Labute approximate surface area is 132 Å². The molecule has 0 atom stereocenters.